The van der Waals surface area contributed by atoms with Gasteiger partial charge >= 0.3 is 11.9 Å². The molecule has 0 fully saturated rings. The third-order valence-corrected chi connectivity index (χ3v) is 2.25. The highest BCUT2D eigenvalue weighted by molar-refractivity contribution is 5.95. The van der Waals surface area contributed by atoms with Crippen molar-refractivity contribution in [2.75, 3.05) is 13.3 Å². The van der Waals surface area contributed by atoms with Crippen LogP contribution >= 0.6 is 12.4 Å². The van der Waals surface area contributed by atoms with E-state index >= 15 is 0 Å². The van der Waals surface area contributed by atoms with Gasteiger partial charge in [0.05, 0.1) is 0 Å². The summed E-state index contributed by atoms with van der Waals surface area (Å²) in [4.78, 5) is 23.0. The summed E-state index contributed by atoms with van der Waals surface area (Å²) in [7, 11) is 0. The molecule has 6 nitrogen and oxygen atoms in total. The smallest absolute Gasteiger partial charge is 0.322 e. The Morgan fingerprint density at radius 2 is 1.63 bits per heavy atom. The van der Waals surface area contributed by atoms with E-state index in [0.29, 0.717) is 0 Å². The first-order valence-electron chi connectivity index (χ1n) is 5.46. The minimum atomic E-state index is -1.13. The summed E-state index contributed by atoms with van der Waals surface area (Å²) in [5.41, 5.74) is 11.2. The molecule has 0 bridgehead atoms. The van der Waals surface area contributed by atoms with Crippen molar-refractivity contribution in [3.8, 4) is 0 Å². The summed E-state index contributed by atoms with van der Waals surface area (Å²) in [6.07, 6.45) is 0. The number of halogens is 1. The normalized spacial score (nSPS) is 11.1. The van der Waals surface area contributed by atoms with Crippen molar-refractivity contribution < 1.29 is 19.1 Å². The van der Waals surface area contributed by atoms with Crippen molar-refractivity contribution in [3.63, 3.8) is 0 Å². The summed E-state index contributed by atoms with van der Waals surface area (Å²) in [6, 6.07) is 9.12. The molecule has 0 radical (unpaired) electrons. The maximum atomic E-state index is 11.6. The fourth-order valence-corrected chi connectivity index (χ4v) is 1.30. The van der Waals surface area contributed by atoms with E-state index in [1.54, 1.807) is 0 Å². The van der Waals surface area contributed by atoms with Crippen LogP contribution in [0.1, 0.15) is 5.56 Å². The first-order valence-corrected chi connectivity index (χ1v) is 5.46. The monoisotopic (exact) mass is 288 g/mol. The van der Waals surface area contributed by atoms with Gasteiger partial charge < -0.3 is 15.2 Å². The molecule has 0 unspecified atom stereocenters. The lowest BCUT2D eigenvalue weighted by Gasteiger charge is -2.12. The predicted octanol–water partition coefficient (Wildman–Crippen LogP) is 0.186. The molecule has 1 atom stereocenters. The minimum absolute atomic E-state index is 0. The molecule has 0 saturated heterocycles. The van der Waals surface area contributed by atoms with Crippen LogP contribution in [0, 0.1) is 5.92 Å². The Labute approximate surface area is 117 Å². The number of esters is 2. The fourth-order valence-electron chi connectivity index (χ4n) is 1.30. The van der Waals surface area contributed by atoms with E-state index < -0.39 is 17.9 Å². The molecule has 7 heteroatoms. The maximum absolute atomic E-state index is 11.6. The number of hydrogen-bond donors (Lipinski definition) is 2. The Kier molecular flexibility index (Phi) is 8.52. The van der Waals surface area contributed by atoms with Crippen molar-refractivity contribution in [1.29, 1.82) is 0 Å². The third-order valence-electron chi connectivity index (χ3n) is 2.25. The number of nitrogens with two attached hydrogens (primary N) is 2. The summed E-state index contributed by atoms with van der Waals surface area (Å²) >= 11 is 0. The molecule has 1 aromatic rings. The quantitative estimate of drug-likeness (QED) is 0.440. The molecular formula is C12H17ClN2O4. The molecule has 0 aliphatic carbocycles. The average Bonchev–Trinajstić information content (AvgIpc) is 2.39. The predicted molar refractivity (Wildman–Crippen MR) is 71.2 cm³/mol. The molecule has 0 aliphatic rings. The molecule has 0 aliphatic heterocycles. The van der Waals surface area contributed by atoms with Gasteiger partial charge in [-0.3, -0.25) is 15.3 Å². The van der Waals surface area contributed by atoms with E-state index in [1.807, 2.05) is 30.3 Å². The van der Waals surface area contributed by atoms with E-state index in [-0.39, 0.29) is 32.3 Å². The van der Waals surface area contributed by atoms with Gasteiger partial charge in [-0.05, 0) is 5.56 Å². The standard InChI is InChI=1S/C12H16N2O4.ClH/c13-6-10(12(16)18-8-14)11(15)17-7-9-4-2-1-3-5-9;/h1-5,10H,6-8,13-14H2;1H/t10-;/m0./s1. The summed E-state index contributed by atoms with van der Waals surface area (Å²) < 4.78 is 9.51. The van der Waals surface area contributed by atoms with Gasteiger partial charge in [0.25, 0.3) is 0 Å². The summed E-state index contributed by atoms with van der Waals surface area (Å²) in [5.74, 6) is -2.60. The Morgan fingerprint density at radius 3 is 2.16 bits per heavy atom. The van der Waals surface area contributed by atoms with Crippen LogP contribution in [0.5, 0.6) is 0 Å². The Bertz CT molecular complexity index is 400. The van der Waals surface area contributed by atoms with Crippen molar-refractivity contribution in [1.82, 2.24) is 0 Å². The van der Waals surface area contributed by atoms with Crippen LogP contribution in [-0.2, 0) is 25.7 Å². The molecule has 106 valence electrons. The number of hydrogen-bond acceptors (Lipinski definition) is 6. The zero-order valence-corrected chi connectivity index (χ0v) is 11.1. The topological polar surface area (TPSA) is 105 Å². The zero-order valence-electron chi connectivity index (χ0n) is 10.3. The maximum Gasteiger partial charge on any atom is 0.322 e. The Balaban J connectivity index is 0.00000324. The van der Waals surface area contributed by atoms with Gasteiger partial charge in [-0.1, -0.05) is 30.3 Å². The van der Waals surface area contributed by atoms with Gasteiger partial charge in [0.2, 0.25) is 0 Å². The largest absolute Gasteiger partial charge is 0.460 e. The van der Waals surface area contributed by atoms with Gasteiger partial charge in [0.1, 0.15) is 13.3 Å². The lowest BCUT2D eigenvalue weighted by Crippen LogP contribution is -2.35. The first kappa shape index (κ1) is 17.4. The highest BCUT2D eigenvalue weighted by atomic mass is 35.5. The van der Waals surface area contributed by atoms with E-state index in [9.17, 15) is 9.59 Å². The number of carbonyl (C=O) groups is 2. The van der Waals surface area contributed by atoms with Crippen LogP contribution in [0.25, 0.3) is 0 Å². The van der Waals surface area contributed by atoms with E-state index in [1.165, 1.54) is 0 Å². The second-order valence-electron chi connectivity index (χ2n) is 3.51. The van der Waals surface area contributed by atoms with Crippen molar-refractivity contribution in [2.45, 2.75) is 6.61 Å². The Morgan fingerprint density at radius 1 is 1.05 bits per heavy atom. The molecule has 0 heterocycles. The molecular weight excluding hydrogens is 272 g/mol. The van der Waals surface area contributed by atoms with Crippen LogP contribution in [0.4, 0.5) is 0 Å². The Hall–Kier alpha value is -1.63. The first-order chi connectivity index (χ1) is 8.69. The van der Waals surface area contributed by atoms with Gasteiger partial charge in [-0.25, -0.2) is 0 Å². The lowest BCUT2D eigenvalue weighted by molar-refractivity contribution is -0.162. The average molecular weight is 289 g/mol. The van der Waals surface area contributed by atoms with Gasteiger partial charge in [-0.2, -0.15) is 0 Å². The molecule has 1 rings (SSSR count). The van der Waals surface area contributed by atoms with Crippen LogP contribution in [0.2, 0.25) is 0 Å². The number of ether oxygens (including phenoxy) is 2. The van der Waals surface area contributed by atoms with Crippen LogP contribution < -0.4 is 11.5 Å². The van der Waals surface area contributed by atoms with Crippen LogP contribution in [0.3, 0.4) is 0 Å². The summed E-state index contributed by atoms with van der Waals surface area (Å²) in [6.45, 7) is -0.375. The highest BCUT2D eigenvalue weighted by Crippen LogP contribution is 2.06. The second kappa shape index (κ2) is 9.32. The third kappa shape index (κ3) is 5.69. The van der Waals surface area contributed by atoms with Gasteiger partial charge in [0.15, 0.2) is 5.92 Å². The molecule has 0 aromatic heterocycles. The van der Waals surface area contributed by atoms with E-state index in [0.717, 1.165) is 5.56 Å². The lowest BCUT2D eigenvalue weighted by atomic mass is 10.1. The number of carbonyl (C=O) groups excluding carboxylic acids is 2. The van der Waals surface area contributed by atoms with Crippen molar-refractivity contribution >= 4 is 24.3 Å². The molecule has 0 spiro atoms. The summed E-state index contributed by atoms with van der Waals surface area (Å²) in [5, 5.41) is 0. The molecule has 4 N–H and O–H groups in total. The van der Waals surface area contributed by atoms with Crippen molar-refractivity contribution in [3.05, 3.63) is 35.9 Å². The van der Waals surface area contributed by atoms with Crippen LogP contribution in [-0.4, -0.2) is 25.2 Å². The van der Waals surface area contributed by atoms with Crippen LogP contribution in [0.15, 0.2) is 30.3 Å². The SMILES string of the molecule is Cl.NCOC(=O)[C@@H](CN)C(=O)OCc1ccccc1. The molecule has 0 amide bonds. The molecule has 1 aromatic carbocycles. The van der Waals surface area contributed by atoms with E-state index in [2.05, 4.69) is 4.74 Å². The minimum Gasteiger partial charge on any atom is -0.460 e. The number of rotatable bonds is 6. The van der Waals surface area contributed by atoms with Gasteiger partial charge in [0, 0.05) is 6.54 Å². The fraction of sp³-hybridized carbons (Fsp3) is 0.333. The zero-order chi connectivity index (χ0) is 13.4. The molecule has 0 saturated carbocycles. The second-order valence-corrected chi connectivity index (χ2v) is 3.51. The highest BCUT2D eigenvalue weighted by Gasteiger charge is 2.28. The van der Waals surface area contributed by atoms with Gasteiger partial charge in [-0.15, -0.1) is 12.4 Å². The van der Waals surface area contributed by atoms with E-state index in [4.69, 9.17) is 16.2 Å². The van der Waals surface area contributed by atoms with Crippen molar-refractivity contribution in [2.24, 2.45) is 17.4 Å². The number of benzene rings is 1. The molecule has 19 heavy (non-hydrogen) atoms.